The van der Waals surface area contributed by atoms with Crippen molar-refractivity contribution in [3.8, 4) is 0 Å². The average molecular weight is 155 g/mol. The van der Waals surface area contributed by atoms with E-state index in [1.54, 1.807) is 0 Å². The zero-order chi connectivity index (χ0) is 7.90. The second-order valence-electron chi connectivity index (χ2n) is 3.12. The van der Waals surface area contributed by atoms with Crippen molar-refractivity contribution in [2.75, 3.05) is 13.2 Å². The molecule has 1 saturated carbocycles. The van der Waals surface area contributed by atoms with Crippen LogP contribution in [0.1, 0.15) is 13.3 Å². The fourth-order valence-corrected chi connectivity index (χ4v) is 1.38. The summed E-state index contributed by atoms with van der Waals surface area (Å²) in [7, 11) is 0. The molecule has 0 bridgehead atoms. The van der Waals surface area contributed by atoms with Crippen LogP contribution in [0.5, 0.6) is 0 Å². The number of hydrogen-bond acceptors (Lipinski definition) is 4. The molecule has 0 aromatic rings. The van der Waals surface area contributed by atoms with E-state index in [-0.39, 0.29) is 5.54 Å². The zero-order valence-corrected chi connectivity index (χ0v) is 6.63. The van der Waals surface area contributed by atoms with Gasteiger partial charge in [0.2, 0.25) is 0 Å². The van der Waals surface area contributed by atoms with E-state index in [1.165, 1.54) is 0 Å². The molecule has 4 nitrogen and oxygen atoms in total. The molecule has 1 unspecified atom stereocenters. The van der Waals surface area contributed by atoms with Crippen LogP contribution in [-0.2, 0) is 4.74 Å². The third kappa shape index (κ3) is 0.937. The maximum atomic E-state index is 5.96. The van der Waals surface area contributed by atoms with Crippen LogP contribution >= 0.6 is 0 Å². The molecule has 2 atom stereocenters. The van der Waals surface area contributed by atoms with Crippen LogP contribution < -0.4 is 11.2 Å². The van der Waals surface area contributed by atoms with Crippen LogP contribution in [0.4, 0.5) is 0 Å². The van der Waals surface area contributed by atoms with Crippen LogP contribution in [0.15, 0.2) is 5.10 Å². The van der Waals surface area contributed by atoms with Gasteiger partial charge in [-0.15, -0.1) is 0 Å². The van der Waals surface area contributed by atoms with Crippen LogP contribution in [0, 0.1) is 0 Å². The van der Waals surface area contributed by atoms with Gasteiger partial charge < -0.3 is 15.9 Å². The molecule has 0 spiro atoms. The minimum absolute atomic E-state index is 0.158. The van der Waals surface area contributed by atoms with Crippen molar-refractivity contribution in [2.45, 2.75) is 24.9 Å². The summed E-state index contributed by atoms with van der Waals surface area (Å²) in [6.07, 6.45) is 1.01. The number of fused-ring (bicyclic) bond motifs is 1. The Balaban J connectivity index is 1.93. The Morgan fingerprint density at radius 1 is 1.91 bits per heavy atom. The number of nitrogens with two attached hydrogens (primary N) is 1. The molecule has 4 heteroatoms. The molecule has 0 aromatic carbocycles. The summed E-state index contributed by atoms with van der Waals surface area (Å²) in [6, 6.07) is 0.387. The first-order chi connectivity index (χ1) is 5.27. The summed E-state index contributed by atoms with van der Waals surface area (Å²) < 4.78 is 5.23. The highest BCUT2D eigenvalue weighted by Crippen LogP contribution is 2.38. The molecule has 3 N–H and O–H groups in total. The summed E-state index contributed by atoms with van der Waals surface area (Å²) >= 11 is 0. The highest BCUT2D eigenvalue weighted by Gasteiger charge is 2.58. The van der Waals surface area contributed by atoms with Crippen molar-refractivity contribution >= 4 is 5.71 Å². The smallest absolute Gasteiger partial charge is 0.0885 e. The fourth-order valence-electron chi connectivity index (χ4n) is 1.38. The molecular weight excluding hydrogens is 142 g/mol. The van der Waals surface area contributed by atoms with E-state index in [9.17, 15) is 0 Å². The molecule has 1 aliphatic carbocycles. The van der Waals surface area contributed by atoms with Crippen LogP contribution in [-0.4, -0.2) is 30.5 Å². The Kier molecular flexibility index (Phi) is 1.40. The van der Waals surface area contributed by atoms with Crippen molar-refractivity contribution in [1.82, 2.24) is 5.43 Å². The number of hydrogen-bond donors (Lipinski definition) is 2. The number of ether oxygens (including phenoxy) is 1. The molecular formula is C7H13N3O. The van der Waals surface area contributed by atoms with Crippen molar-refractivity contribution in [1.29, 1.82) is 0 Å². The molecule has 2 rings (SSSR count). The lowest BCUT2D eigenvalue weighted by atomic mass is 10.2. The number of nitrogens with zero attached hydrogens (tertiary/aromatic N) is 1. The van der Waals surface area contributed by atoms with Gasteiger partial charge in [0.05, 0.1) is 23.9 Å². The average Bonchev–Trinajstić information content (AvgIpc) is 2.55. The molecule has 0 amide bonds. The summed E-state index contributed by atoms with van der Waals surface area (Å²) in [5.74, 6) is 0. The summed E-state index contributed by atoms with van der Waals surface area (Å²) in [5.41, 5.74) is 9.76. The topological polar surface area (TPSA) is 59.6 Å². The Morgan fingerprint density at radius 2 is 2.73 bits per heavy atom. The standard InChI is InChI=1S/C7H13N3O/c1-2-11-4-6-7(8)3-5(7)9-10-6/h5,9H,2-4,8H2,1H3/t5-,7?/m0/s1. The van der Waals surface area contributed by atoms with Gasteiger partial charge in [0.15, 0.2) is 0 Å². The van der Waals surface area contributed by atoms with Gasteiger partial charge in [0, 0.05) is 6.61 Å². The number of rotatable bonds is 3. The first kappa shape index (κ1) is 7.06. The minimum atomic E-state index is -0.158. The van der Waals surface area contributed by atoms with E-state index in [0.717, 1.165) is 18.7 Å². The lowest BCUT2D eigenvalue weighted by Gasteiger charge is -2.07. The van der Waals surface area contributed by atoms with E-state index in [0.29, 0.717) is 12.6 Å². The molecule has 0 saturated heterocycles. The SMILES string of the molecule is CCOCC1=NN[C@H]2CC12N. The minimum Gasteiger partial charge on any atom is -0.376 e. The Bertz CT molecular complexity index is 204. The zero-order valence-electron chi connectivity index (χ0n) is 6.63. The maximum absolute atomic E-state index is 5.96. The monoisotopic (exact) mass is 155 g/mol. The molecule has 0 radical (unpaired) electrons. The van der Waals surface area contributed by atoms with Gasteiger partial charge in [-0.05, 0) is 13.3 Å². The van der Waals surface area contributed by atoms with E-state index < -0.39 is 0 Å². The van der Waals surface area contributed by atoms with Crippen LogP contribution in [0.3, 0.4) is 0 Å². The second-order valence-corrected chi connectivity index (χ2v) is 3.12. The molecule has 1 aliphatic heterocycles. The number of nitrogens with one attached hydrogen (secondary N) is 1. The third-order valence-corrected chi connectivity index (χ3v) is 2.34. The molecule has 1 heterocycles. The fraction of sp³-hybridized carbons (Fsp3) is 0.857. The summed E-state index contributed by atoms with van der Waals surface area (Å²) in [5, 5.41) is 4.09. The highest BCUT2D eigenvalue weighted by atomic mass is 16.5. The number of hydrazone groups is 1. The lowest BCUT2D eigenvalue weighted by Crippen LogP contribution is -2.37. The first-order valence-corrected chi connectivity index (χ1v) is 3.96. The maximum Gasteiger partial charge on any atom is 0.0885 e. The summed E-state index contributed by atoms with van der Waals surface area (Å²) in [4.78, 5) is 0. The Labute approximate surface area is 65.8 Å². The van der Waals surface area contributed by atoms with Crippen molar-refractivity contribution in [3.05, 3.63) is 0 Å². The van der Waals surface area contributed by atoms with E-state index in [4.69, 9.17) is 10.5 Å². The molecule has 2 aliphatic rings. The van der Waals surface area contributed by atoms with Gasteiger partial charge in [-0.2, -0.15) is 5.10 Å². The molecule has 0 aromatic heterocycles. The Hall–Kier alpha value is -0.610. The molecule has 1 fully saturated rings. The van der Waals surface area contributed by atoms with Crippen molar-refractivity contribution in [2.24, 2.45) is 10.8 Å². The van der Waals surface area contributed by atoms with Crippen molar-refractivity contribution in [3.63, 3.8) is 0 Å². The van der Waals surface area contributed by atoms with Gasteiger partial charge in [-0.3, -0.25) is 0 Å². The van der Waals surface area contributed by atoms with Crippen LogP contribution in [0.25, 0.3) is 0 Å². The van der Waals surface area contributed by atoms with E-state index in [2.05, 4.69) is 10.5 Å². The van der Waals surface area contributed by atoms with E-state index in [1.807, 2.05) is 6.92 Å². The van der Waals surface area contributed by atoms with Gasteiger partial charge in [-0.25, -0.2) is 0 Å². The molecule has 62 valence electrons. The highest BCUT2D eigenvalue weighted by molar-refractivity contribution is 6.00. The third-order valence-electron chi connectivity index (χ3n) is 2.34. The van der Waals surface area contributed by atoms with Gasteiger partial charge >= 0.3 is 0 Å². The van der Waals surface area contributed by atoms with Crippen LogP contribution in [0.2, 0.25) is 0 Å². The van der Waals surface area contributed by atoms with Gasteiger partial charge in [-0.1, -0.05) is 0 Å². The first-order valence-electron chi connectivity index (χ1n) is 3.96. The van der Waals surface area contributed by atoms with E-state index >= 15 is 0 Å². The van der Waals surface area contributed by atoms with Gasteiger partial charge in [0.25, 0.3) is 0 Å². The van der Waals surface area contributed by atoms with Gasteiger partial charge in [0.1, 0.15) is 0 Å². The predicted octanol–water partition coefficient (Wildman–Crippen LogP) is -0.548. The second kappa shape index (κ2) is 2.19. The molecule has 11 heavy (non-hydrogen) atoms. The summed E-state index contributed by atoms with van der Waals surface area (Å²) in [6.45, 7) is 3.27. The normalized spacial score (nSPS) is 39.5. The lowest BCUT2D eigenvalue weighted by molar-refractivity contribution is 0.185. The Morgan fingerprint density at radius 3 is 3.18 bits per heavy atom. The largest absolute Gasteiger partial charge is 0.376 e. The predicted molar refractivity (Wildman–Crippen MR) is 42.4 cm³/mol. The van der Waals surface area contributed by atoms with Crippen molar-refractivity contribution < 1.29 is 4.74 Å². The quantitative estimate of drug-likeness (QED) is 0.575.